The first-order chi connectivity index (χ1) is 16.0. The third-order valence-corrected chi connectivity index (χ3v) is 6.57. The highest BCUT2D eigenvalue weighted by Gasteiger charge is 2.18. The number of amidine groups is 1. The smallest absolute Gasteiger partial charge is 0.269 e. The van der Waals surface area contributed by atoms with E-state index in [0.29, 0.717) is 32.8 Å². The summed E-state index contributed by atoms with van der Waals surface area (Å²) in [7, 11) is 0. The number of hydrogen-bond donors (Lipinski definition) is 3. The van der Waals surface area contributed by atoms with Crippen molar-refractivity contribution in [3.8, 4) is 0 Å². The number of carbonyl (C=O) groups is 2. The van der Waals surface area contributed by atoms with Crippen molar-refractivity contribution in [3.05, 3.63) is 75.1 Å². The van der Waals surface area contributed by atoms with Crippen LogP contribution in [0.1, 0.15) is 51.3 Å². The van der Waals surface area contributed by atoms with E-state index in [1.807, 2.05) is 0 Å². The molecule has 33 heavy (non-hydrogen) atoms. The van der Waals surface area contributed by atoms with Crippen molar-refractivity contribution >= 4 is 52.1 Å². The molecule has 9 heteroatoms. The number of halogens is 1. The molecule has 1 saturated heterocycles. The van der Waals surface area contributed by atoms with Gasteiger partial charge in [0, 0.05) is 30.4 Å². The van der Waals surface area contributed by atoms with Gasteiger partial charge in [0.2, 0.25) is 0 Å². The van der Waals surface area contributed by atoms with E-state index in [-0.39, 0.29) is 11.8 Å². The molecule has 3 N–H and O–H groups in total. The number of anilines is 2. The lowest BCUT2D eigenvalue weighted by Crippen LogP contribution is -2.31. The van der Waals surface area contributed by atoms with Crippen molar-refractivity contribution in [1.29, 1.82) is 5.41 Å². The minimum atomic E-state index is -0.364. The number of aromatic nitrogens is 1. The number of nitrogens with one attached hydrogen (secondary N) is 3. The Balaban J connectivity index is 1.40. The number of benzene rings is 1. The van der Waals surface area contributed by atoms with E-state index >= 15 is 0 Å². The molecule has 4 rings (SSSR count). The van der Waals surface area contributed by atoms with Crippen LogP contribution in [0.25, 0.3) is 0 Å². The highest BCUT2D eigenvalue weighted by Crippen LogP contribution is 2.24. The Morgan fingerprint density at radius 3 is 2.27 bits per heavy atom. The molecular weight excluding hydrogens is 458 g/mol. The fourth-order valence-corrected chi connectivity index (χ4v) is 4.51. The van der Waals surface area contributed by atoms with Gasteiger partial charge in [-0.25, -0.2) is 4.98 Å². The predicted octanol–water partition coefficient (Wildman–Crippen LogP) is 5.50. The molecule has 7 nitrogen and oxygen atoms in total. The summed E-state index contributed by atoms with van der Waals surface area (Å²) in [5.41, 5.74) is 1.68. The number of likely N-dealkylation sites (tertiary alicyclic amines) is 1. The molecule has 1 aliphatic heterocycles. The van der Waals surface area contributed by atoms with Gasteiger partial charge in [-0.1, -0.05) is 36.6 Å². The quantitative estimate of drug-likeness (QED) is 0.331. The molecule has 1 aliphatic rings. The van der Waals surface area contributed by atoms with E-state index in [9.17, 15) is 9.59 Å². The van der Waals surface area contributed by atoms with E-state index in [0.717, 1.165) is 31.5 Å². The highest BCUT2D eigenvalue weighted by molar-refractivity contribution is 7.12. The topological polar surface area (TPSA) is 98.2 Å². The molecule has 170 valence electrons. The Kier molecular flexibility index (Phi) is 7.36. The van der Waals surface area contributed by atoms with Gasteiger partial charge in [0.15, 0.2) is 0 Å². The van der Waals surface area contributed by atoms with Gasteiger partial charge < -0.3 is 15.5 Å². The molecular formula is C24H24ClN5O2S. The summed E-state index contributed by atoms with van der Waals surface area (Å²) in [5.74, 6) is 0.185. The minimum Gasteiger partial charge on any atom is -0.357 e. The monoisotopic (exact) mass is 481 g/mol. The maximum absolute atomic E-state index is 12.8. The van der Waals surface area contributed by atoms with Gasteiger partial charge in [-0.2, -0.15) is 0 Å². The molecule has 3 heterocycles. The number of amides is 2. The zero-order chi connectivity index (χ0) is 23.2. The fraction of sp³-hybridized carbons (Fsp3) is 0.250. The third kappa shape index (κ3) is 5.77. The van der Waals surface area contributed by atoms with Crippen molar-refractivity contribution in [3.63, 3.8) is 0 Å². The van der Waals surface area contributed by atoms with Gasteiger partial charge in [-0.15, -0.1) is 11.3 Å². The SMILES string of the molecule is N=C(c1ccc(C(=O)Nc2ccsc2C(=O)Nc2ccc(Cl)cn2)cc1)N1CCCCCC1. The molecule has 0 radical (unpaired) electrons. The molecule has 1 aromatic carbocycles. The molecule has 1 fully saturated rings. The van der Waals surface area contributed by atoms with Crippen LogP contribution in [0.15, 0.2) is 54.0 Å². The predicted molar refractivity (Wildman–Crippen MR) is 133 cm³/mol. The largest absolute Gasteiger partial charge is 0.357 e. The van der Waals surface area contributed by atoms with Gasteiger partial charge in [0.1, 0.15) is 16.5 Å². The van der Waals surface area contributed by atoms with E-state index < -0.39 is 0 Å². The first-order valence-electron chi connectivity index (χ1n) is 10.8. The van der Waals surface area contributed by atoms with Crippen molar-refractivity contribution in [2.75, 3.05) is 23.7 Å². The van der Waals surface area contributed by atoms with Crippen LogP contribution in [0, 0.1) is 5.41 Å². The van der Waals surface area contributed by atoms with Crippen LogP contribution in [-0.2, 0) is 0 Å². The molecule has 0 bridgehead atoms. The first-order valence-corrected chi connectivity index (χ1v) is 12.0. The summed E-state index contributed by atoms with van der Waals surface area (Å²) in [5, 5.41) is 16.2. The van der Waals surface area contributed by atoms with Gasteiger partial charge in [-0.3, -0.25) is 15.0 Å². The molecule has 2 amide bonds. The number of thiophene rings is 1. The minimum absolute atomic E-state index is 0.320. The van der Waals surface area contributed by atoms with E-state index in [4.69, 9.17) is 17.0 Å². The van der Waals surface area contributed by atoms with Crippen molar-refractivity contribution in [2.45, 2.75) is 25.7 Å². The van der Waals surface area contributed by atoms with Crippen LogP contribution in [0.5, 0.6) is 0 Å². The Morgan fingerprint density at radius 2 is 1.61 bits per heavy atom. The molecule has 0 aliphatic carbocycles. The second-order valence-corrected chi connectivity index (χ2v) is 9.11. The lowest BCUT2D eigenvalue weighted by molar-refractivity contribution is 0.102. The number of nitrogens with zero attached hydrogens (tertiary/aromatic N) is 2. The first kappa shape index (κ1) is 22.9. The lowest BCUT2D eigenvalue weighted by atomic mass is 10.1. The average molecular weight is 482 g/mol. The van der Waals surface area contributed by atoms with E-state index in [1.54, 1.807) is 47.8 Å². The summed E-state index contributed by atoms with van der Waals surface area (Å²) in [6.07, 6.45) is 6.08. The molecule has 0 atom stereocenters. The Hall–Kier alpha value is -3.23. The molecule has 2 aromatic heterocycles. The Morgan fingerprint density at radius 1 is 0.909 bits per heavy atom. The van der Waals surface area contributed by atoms with Crippen LogP contribution in [-0.4, -0.2) is 40.6 Å². The lowest BCUT2D eigenvalue weighted by Gasteiger charge is -2.23. The van der Waals surface area contributed by atoms with Gasteiger partial charge in [0.05, 0.1) is 10.7 Å². The number of pyridine rings is 1. The highest BCUT2D eigenvalue weighted by atomic mass is 35.5. The van der Waals surface area contributed by atoms with E-state index in [1.165, 1.54) is 30.4 Å². The summed E-state index contributed by atoms with van der Waals surface area (Å²) in [6.45, 7) is 1.80. The second-order valence-electron chi connectivity index (χ2n) is 7.76. The number of hydrogen-bond acceptors (Lipinski definition) is 5. The molecule has 0 saturated carbocycles. The standard InChI is InChI=1S/C24H24ClN5O2S/c25-18-9-10-20(27-15-18)29-24(32)21-19(11-14-33-21)28-23(31)17-7-5-16(6-8-17)22(26)30-12-3-1-2-4-13-30/h5-11,14-15,26H,1-4,12-13H2,(H,28,31)(H,27,29,32). The maximum atomic E-state index is 12.8. The van der Waals surface area contributed by atoms with Crippen molar-refractivity contribution < 1.29 is 9.59 Å². The Bertz CT molecular complexity index is 1140. The van der Waals surface area contributed by atoms with Crippen LogP contribution in [0.3, 0.4) is 0 Å². The fourth-order valence-electron chi connectivity index (χ4n) is 3.66. The summed E-state index contributed by atoms with van der Waals surface area (Å²) < 4.78 is 0. The molecule has 0 unspecified atom stereocenters. The molecule has 0 spiro atoms. The van der Waals surface area contributed by atoms with Crippen molar-refractivity contribution in [1.82, 2.24) is 9.88 Å². The van der Waals surface area contributed by atoms with Crippen LogP contribution < -0.4 is 10.6 Å². The van der Waals surface area contributed by atoms with Crippen LogP contribution >= 0.6 is 22.9 Å². The summed E-state index contributed by atoms with van der Waals surface area (Å²) in [6, 6.07) is 12.0. The Labute approximate surface area is 201 Å². The maximum Gasteiger partial charge on any atom is 0.269 e. The normalized spacial score (nSPS) is 13.8. The second kappa shape index (κ2) is 10.6. The summed E-state index contributed by atoms with van der Waals surface area (Å²) in [4.78, 5) is 32.0. The van der Waals surface area contributed by atoms with E-state index in [2.05, 4.69) is 20.5 Å². The number of carbonyl (C=O) groups excluding carboxylic acids is 2. The van der Waals surface area contributed by atoms with Crippen molar-refractivity contribution in [2.24, 2.45) is 0 Å². The number of rotatable bonds is 5. The van der Waals surface area contributed by atoms with Gasteiger partial charge in [0.25, 0.3) is 11.8 Å². The zero-order valence-electron chi connectivity index (χ0n) is 17.9. The molecule has 3 aromatic rings. The summed E-state index contributed by atoms with van der Waals surface area (Å²) >= 11 is 7.05. The average Bonchev–Trinajstić information content (AvgIpc) is 3.11. The van der Waals surface area contributed by atoms with Crippen LogP contribution in [0.4, 0.5) is 11.5 Å². The van der Waals surface area contributed by atoms with Gasteiger partial charge in [-0.05, 0) is 48.6 Å². The van der Waals surface area contributed by atoms with Gasteiger partial charge >= 0.3 is 0 Å². The van der Waals surface area contributed by atoms with Crippen LogP contribution in [0.2, 0.25) is 5.02 Å². The third-order valence-electron chi connectivity index (χ3n) is 5.43. The zero-order valence-corrected chi connectivity index (χ0v) is 19.5.